The normalized spacial score (nSPS) is 15.7. The van der Waals surface area contributed by atoms with E-state index in [1.807, 2.05) is 98.7 Å². The van der Waals surface area contributed by atoms with Crippen molar-refractivity contribution in [3.8, 4) is 0 Å². The second kappa shape index (κ2) is 38.8. The lowest BCUT2D eigenvalue weighted by Gasteiger charge is -2.26. The third-order valence-corrected chi connectivity index (χ3v) is 19.0. The average molecular weight is 1620 g/mol. The number of nitrogens with one attached hydrogen (secondary N) is 3. The second-order valence-electron chi connectivity index (χ2n) is 28.4. The van der Waals surface area contributed by atoms with Gasteiger partial charge in [0.15, 0.2) is 0 Å². The molecule has 0 radical (unpaired) electrons. The highest BCUT2D eigenvalue weighted by Gasteiger charge is 2.28. The Bertz CT molecular complexity index is 3630. The molecule has 0 aliphatic carbocycles. The van der Waals surface area contributed by atoms with Crippen LogP contribution >= 0.6 is 63.7 Å². The van der Waals surface area contributed by atoms with E-state index < -0.39 is 16.8 Å². The number of carbonyl (C=O) groups excluding carboxylic acids is 5. The number of hydrogen-bond acceptors (Lipinski definition) is 13. The lowest BCUT2D eigenvalue weighted by molar-refractivity contribution is 0.0226. The van der Waals surface area contributed by atoms with E-state index in [4.69, 9.17) is 23.7 Å². The van der Waals surface area contributed by atoms with E-state index in [1.54, 1.807) is 20.8 Å². The van der Waals surface area contributed by atoms with Gasteiger partial charge in [0.2, 0.25) is 0 Å². The van der Waals surface area contributed by atoms with Crippen LogP contribution in [0.3, 0.4) is 0 Å². The summed E-state index contributed by atoms with van der Waals surface area (Å²) in [6, 6.07) is 37.0. The van der Waals surface area contributed by atoms with Gasteiger partial charge >= 0.3 is 30.2 Å². The van der Waals surface area contributed by atoms with Gasteiger partial charge in [0.1, 0.15) is 16.8 Å². The van der Waals surface area contributed by atoms with Crippen LogP contribution in [0.4, 0.5) is 14.4 Å². The quantitative estimate of drug-likeness (QED) is 0.110. The van der Waals surface area contributed by atoms with Gasteiger partial charge in [-0.3, -0.25) is 0 Å². The molecule has 99 heavy (non-hydrogen) atoms. The van der Waals surface area contributed by atoms with Crippen LogP contribution in [0.2, 0.25) is 0 Å². The van der Waals surface area contributed by atoms with E-state index in [9.17, 15) is 24.0 Å². The Labute approximate surface area is 621 Å². The summed E-state index contributed by atoms with van der Waals surface area (Å²) in [6.07, 6.45) is 11.7. The number of carbonyl (C=O) groups is 5. The molecule has 536 valence electrons. The molecule has 6 aromatic carbocycles. The highest BCUT2D eigenvalue weighted by molar-refractivity contribution is 9.11. The van der Waals surface area contributed by atoms with E-state index >= 15 is 0 Å². The van der Waals surface area contributed by atoms with Crippen molar-refractivity contribution in [2.75, 3.05) is 66.6 Å². The minimum Gasteiger partial charge on any atom is -0.465 e. The number of halogens is 4. The van der Waals surface area contributed by atoms with Crippen molar-refractivity contribution in [3.05, 3.63) is 205 Å². The molecule has 16 nitrogen and oxygen atoms in total. The van der Waals surface area contributed by atoms with Gasteiger partial charge in [-0.25, -0.2) is 24.0 Å². The van der Waals surface area contributed by atoms with E-state index in [0.29, 0.717) is 30.8 Å². The molecule has 6 aliphatic rings. The topological polar surface area (TPSA) is 177 Å². The summed E-state index contributed by atoms with van der Waals surface area (Å²) in [5, 5.41) is 10.2. The molecule has 0 bridgehead atoms. The van der Waals surface area contributed by atoms with E-state index in [0.717, 1.165) is 137 Å². The van der Waals surface area contributed by atoms with Crippen molar-refractivity contribution in [1.29, 1.82) is 0 Å². The third kappa shape index (κ3) is 27.3. The summed E-state index contributed by atoms with van der Waals surface area (Å²) in [7, 11) is 2.79. The number of nitrogens with zero attached hydrogens (tertiary/aromatic N) is 3. The van der Waals surface area contributed by atoms with Crippen LogP contribution < -0.4 is 16.0 Å². The highest BCUT2D eigenvalue weighted by atomic mass is 79.9. The van der Waals surface area contributed by atoms with Crippen molar-refractivity contribution in [3.63, 3.8) is 0 Å². The number of esters is 2. The number of hydrogen-bond donors (Lipinski definition) is 3. The van der Waals surface area contributed by atoms with Crippen molar-refractivity contribution in [2.24, 2.45) is 0 Å². The summed E-state index contributed by atoms with van der Waals surface area (Å²) < 4.78 is 30.4. The van der Waals surface area contributed by atoms with E-state index in [-0.39, 0.29) is 30.2 Å². The number of amides is 3. The molecule has 0 atom stereocenters. The standard InChI is InChI=1S/C17H23NO4.2C15H20BrNO2.C12H15NO2.2C10H12BrN/c1-17(2,3)22-16(20)18-9-5-6-12-10-13(15(19)21-4)7-8-14(12)11-18;1-15(2,3)19-14(18)17-8-6-11-4-5-13(16)10-12(11)7-9-17;1-15(2,3)19-14(18)17-8-4-5-11-9-13(16)7-6-12(11)10-17;1-15-12(14)10-4-5-11-8-13-6-2-3-9(11)7-10;11-10-2-1-8-3-5-12-6-4-9(8)7-10;11-10-4-3-9-7-12-5-1-2-8(9)6-10/h7-8,10H,5-6,9,11H2,1-4H3;4-5,10H,6-9H2,1-3H3;6-7,9H,4-5,8,10H2,1-3H3;4-5,7,13H,2-3,6,8H2,1H3;1-2,7,12H,3-6H2;3-4,6,12H,1-2,5,7H2. The SMILES string of the molecule is Brc1ccc2c(c1)CCCNC2.Brc1ccc2c(c1)CCNCC2.CC(C)(C)OC(=O)N1CCCc2cc(Br)ccc2C1.CC(C)(C)OC(=O)N1CCc2ccc(Br)cc2CC1.COC(=O)c1ccc2c(c1)CCCN(C(=O)OC(C)(C)C)C2.COC(=O)c1ccc2c(c1)CCCNC2. The first-order valence-electron chi connectivity index (χ1n) is 34.6. The zero-order chi connectivity index (χ0) is 71.9. The Morgan fingerprint density at radius 1 is 0.333 bits per heavy atom. The molecular weight excluding hydrogens is 1510 g/mol. The molecule has 6 aromatic rings. The molecule has 3 N–H and O–H groups in total. The highest BCUT2D eigenvalue weighted by Crippen LogP contribution is 2.28. The van der Waals surface area contributed by atoms with Gasteiger partial charge in [0, 0.05) is 70.2 Å². The lowest BCUT2D eigenvalue weighted by atomic mass is 10.0. The zero-order valence-electron chi connectivity index (χ0n) is 59.8. The molecule has 0 aromatic heterocycles. The number of benzene rings is 6. The van der Waals surface area contributed by atoms with Crippen molar-refractivity contribution >= 4 is 93.9 Å². The predicted octanol–water partition coefficient (Wildman–Crippen LogP) is 17.2. The summed E-state index contributed by atoms with van der Waals surface area (Å²) in [5.74, 6) is -0.592. The van der Waals surface area contributed by atoms with Gasteiger partial charge < -0.3 is 54.3 Å². The van der Waals surface area contributed by atoms with Gasteiger partial charge in [-0.05, 0) is 305 Å². The lowest BCUT2D eigenvalue weighted by Crippen LogP contribution is -2.38. The largest absolute Gasteiger partial charge is 0.465 e. The molecular formula is C79H102Br4N6O10. The van der Waals surface area contributed by atoms with Crippen LogP contribution in [0, 0.1) is 0 Å². The molecule has 0 spiro atoms. The zero-order valence-corrected chi connectivity index (χ0v) is 66.1. The Balaban J connectivity index is 0.000000169. The number of fused-ring (bicyclic) bond motifs is 6. The van der Waals surface area contributed by atoms with Gasteiger partial charge in [0.25, 0.3) is 0 Å². The molecule has 0 saturated heterocycles. The van der Waals surface area contributed by atoms with Crippen LogP contribution in [-0.2, 0) is 101 Å². The molecule has 3 amide bonds. The average Bonchev–Trinajstić information content (AvgIpc) is 1.73. The maximum Gasteiger partial charge on any atom is 0.410 e. The van der Waals surface area contributed by atoms with Crippen LogP contribution in [0.5, 0.6) is 0 Å². The van der Waals surface area contributed by atoms with Gasteiger partial charge in [-0.2, -0.15) is 0 Å². The van der Waals surface area contributed by atoms with Crippen LogP contribution in [0.25, 0.3) is 0 Å². The molecule has 0 unspecified atom stereocenters. The first-order valence-corrected chi connectivity index (χ1v) is 37.8. The maximum atomic E-state index is 12.2. The van der Waals surface area contributed by atoms with Gasteiger partial charge in [0.05, 0.1) is 25.3 Å². The molecule has 0 saturated carbocycles. The van der Waals surface area contributed by atoms with Gasteiger partial charge in [-0.1, -0.05) is 100 Å². The van der Waals surface area contributed by atoms with Crippen molar-refractivity contribution < 1.29 is 47.7 Å². The number of methoxy groups -OCH3 is 2. The minimum absolute atomic E-state index is 0.209. The predicted molar refractivity (Wildman–Crippen MR) is 408 cm³/mol. The Morgan fingerprint density at radius 2 is 0.646 bits per heavy atom. The van der Waals surface area contributed by atoms with E-state index in [2.05, 4.69) is 146 Å². The third-order valence-electron chi connectivity index (χ3n) is 17.0. The Morgan fingerprint density at radius 3 is 1.08 bits per heavy atom. The smallest absolute Gasteiger partial charge is 0.410 e. The maximum absolute atomic E-state index is 12.2. The Hall–Kier alpha value is -6.13. The fraction of sp³-hybridized carbons (Fsp3) is 0.481. The molecule has 12 rings (SSSR count). The monoisotopic (exact) mass is 1610 g/mol. The number of rotatable bonds is 2. The summed E-state index contributed by atoms with van der Waals surface area (Å²) >= 11 is 14.0. The first-order chi connectivity index (χ1) is 47.0. The number of ether oxygens (including phenoxy) is 5. The van der Waals surface area contributed by atoms with Crippen LogP contribution in [-0.4, -0.2) is 128 Å². The van der Waals surface area contributed by atoms with E-state index in [1.165, 1.54) is 98.1 Å². The molecule has 20 heteroatoms. The molecule has 6 heterocycles. The Kier molecular flexibility index (Phi) is 31.4. The minimum atomic E-state index is -0.499. The van der Waals surface area contributed by atoms with Crippen LogP contribution in [0.15, 0.2) is 127 Å². The fourth-order valence-corrected chi connectivity index (χ4v) is 13.7. The second-order valence-corrected chi connectivity index (χ2v) is 32.1. The molecule has 6 aliphatic heterocycles. The van der Waals surface area contributed by atoms with Crippen LogP contribution in [0.1, 0.15) is 175 Å². The summed E-state index contributed by atoms with van der Waals surface area (Å²) in [5.41, 5.74) is 15.7. The van der Waals surface area contributed by atoms with Gasteiger partial charge in [-0.15, -0.1) is 0 Å². The first kappa shape index (κ1) is 80.2. The van der Waals surface area contributed by atoms with Crippen molar-refractivity contribution in [2.45, 2.75) is 182 Å². The number of aryl methyl sites for hydroxylation is 4. The summed E-state index contributed by atoms with van der Waals surface area (Å²) in [6.45, 7) is 27.3. The van der Waals surface area contributed by atoms with Crippen molar-refractivity contribution in [1.82, 2.24) is 30.7 Å². The summed E-state index contributed by atoms with van der Waals surface area (Å²) in [4.78, 5) is 64.7. The molecule has 0 fully saturated rings. The fourth-order valence-electron chi connectivity index (χ4n) is 12.1.